The minimum Gasteiger partial charge on any atom is -0.493 e. The zero-order valence-electron chi connectivity index (χ0n) is 19.7. The van der Waals surface area contributed by atoms with E-state index >= 15 is 0 Å². The highest BCUT2D eigenvalue weighted by Gasteiger charge is 2.49. The number of hydrogen-bond donors (Lipinski definition) is 0. The maximum Gasteiger partial charge on any atom is 0.534 e. The van der Waals surface area contributed by atoms with Crippen molar-refractivity contribution in [2.45, 2.75) is 62.0 Å². The lowest BCUT2D eigenvalue weighted by Crippen LogP contribution is -2.29. The van der Waals surface area contributed by atoms with E-state index in [1.807, 2.05) is 0 Å². The van der Waals surface area contributed by atoms with Crippen LogP contribution in [0.15, 0.2) is 54.6 Å². The number of halogens is 3. The molecule has 0 spiro atoms. The highest BCUT2D eigenvalue weighted by Crippen LogP contribution is 2.43. The number of ether oxygens (including phenoxy) is 2. The Kier molecular flexibility index (Phi) is 7.50. The van der Waals surface area contributed by atoms with Crippen LogP contribution in [0.25, 0.3) is 0 Å². The van der Waals surface area contributed by atoms with Gasteiger partial charge in [-0.2, -0.15) is 21.6 Å². The van der Waals surface area contributed by atoms with Gasteiger partial charge in [-0.15, -0.1) is 0 Å². The maximum absolute atomic E-state index is 13.0. The van der Waals surface area contributed by atoms with Crippen molar-refractivity contribution in [3.63, 3.8) is 0 Å². The van der Waals surface area contributed by atoms with Gasteiger partial charge < -0.3 is 13.7 Å². The minimum absolute atomic E-state index is 0.0373. The lowest BCUT2D eigenvalue weighted by atomic mass is 9.73. The normalized spacial score (nSPS) is 20.7. The number of alkyl halides is 3. The molecule has 1 fully saturated rings. The maximum atomic E-state index is 13.0. The van der Waals surface area contributed by atoms with Crippen LogP contribution in [0.3, 0.4) is 0 Å². The van der Waals surface area contributed by atoms with Gasteiger partial charge >= 0.3 is 15.6 Å². The van der Waals surface area contributed by atoms with Crippen LogP contribution in [-0.4, -0.2) is 32.1 Å². The second kappa shape index (κ2) is 10.4. The number of allylic oxidation sites excluding steroid dienone is 2. The van der Waals surface area contributed by atoms with E-state index in [2.05, 4.69) is 21.0 Å². The summed E-state index contributed by atoms with van der Waals surface area (Å²) in [5.74, 6) is 6.97. The number of benzene rings is 1. The molecule has 2 aliphatic rings. The van der Waals surface area contributed by atoms with E-state index in [0.717, 1.165) is 25.7 Å². The number of nitrogens with zero attached hydrogens (tertiary/aromatic N) is 1. The highest BCUT2D eigenvalue weighted by atomic mass is 32.2. The van der Waals surface area contributed by atoms with Gasteiger partial charge in [0.2, 0.25) is 0 Å². The molecule has 10 heteroatoms. The van der Waals surface area contributed by atoms with Crippen molar-refractivity contribution in [3.8, 4) is 23.3 Å². The molecular weight excluding hydrogens is 495 g/mol. The predicted octanol–water partition coefficient (Wildman–Crippen LogP) is 5.64. The van der Waals surface area contributed by atoms with Crippen molar-refractivity contribution >= 4 is 10.1 Å². The van der Waals surface area contributed by atoms with Gasteiger partial charge in [-0.05, 0) is 74.4 Å². The molecule has 6 nitrogen and oxygen atoms in total. The van der Waals surface area contributed by atoms with Crippen LogP contribution in [0.2, 0.25) is 0 Å². The average molecular weight is 522 g/mol. The number of hydrogen-bond acceptors (Lipinski definition) is 6. The first-order valence-electron chi connectivity index (χ1n) is 11.6. The Balaban J connectivity index is 1.80. The molecule has 1 aromatic heterocycles. The summed E-state index contributed by atoms with van der Waals surface area (Å²) in [6.45, 7) is 0. The van der Waals surface area contributed by atoms with Crippen LogP contribution in [0, 0.1) is 11.8 Å². The van der Waals surface area contributed by atoms with Crippen LogP contribution in [0.4, 0.5) is 13.2 Å². The van der Waals surface area contributed by atoms with Crippen molar-refractivity contribution in [1.82, 2.24) is 4.98 Å². The van der Waals surface area contributed by atoms with E-state index in [9.17, 15) is 21.6 Å². The Bertz CT molecular complexity index is 1280. The second-order valence-electron chi connectivity index (χ2n) is 8.79. The number of rotatable bonds is 6. The molecule has 1 heterocycles. The molecule has 36 heavy (non-hydrogen) atoms. The third-order valence-electron chi connectivity index (χ3n) is 6.29. The van der Waals surface area contributed by atoms with Crippen LogP contribution in [0.5, 0.6) is 11.5 Å². The Labute approximate surface area is 208 Å². The van der Waals surface area contributed by atoms with Crippen molar-refractivity contribution in [1.29, 1.82) is 0 Å². The second-order valence-corrected chi connectivity index (χ2v) is 10.3. The molecule has 1 atom stereocenters. The molecule has 1 aromatic carbocycles. The van der Waals surface area contributed by atoms with Crippen molar-refractivity contribution < 1.29 is 35.2 Å². The Morgan fingerprint density at radius 3 is 2.44 bits per heavy atom. The largest absolute Gasteiger partial charge is 0.534 e. The van der Waals surface area contributed by atoms with Crippen molar-refractivity contribution in [3.05, 3.63) is 65.7 Å². The fourth-order valence-electron chi connectivity index (χ4n) is 4.46. The minimum atomic E-state index is -5.80. The topological polar surface area (TPSA) is 74.7 Å². The molecule has 1 saturated carbocycles. The van der Waals surface area contributed by atoms with E-state index in [0.29, 0.717) is 35.5 Å². The van der Waals surface area contributed by atoms with E-state index in [-0.39, 0.29) is 18.3 Å². The summed E-state index contributed by atoms with van der Waals surface area (Å²) in [5.41, 5.74) is -5.34. The van der Waals surface area contributed by atoms with Crippen LogP contribution in [-0.2, 0) is 19.7 Å². The highest BCUT2D eigenvalue weighted by molar-refractivity contribution is 7.87. The summed E-state index contributed by atoms with van der Waals surface area (Å²) < 4.78 is 78.6. The van der Waals surface area contributed by atoms with Gasteiger partial charge in [-0.25, -0.2) is 0 Å². The fourth-order valence-corrected chi connectivity index (χ4v) is 4.97. The summed E-state index contributed by atoms with van der Waals surface area (Å²) in [7, 11) is -4.27. The summed E-state index contributed by atoms with van der Waals surface area (Å²) in [5, 5.41) is 0. The Morgan fingerprint density at radius 2 is 1.78 bits per heavy atom. The van der Waals surface area contributed by atoms with Crippen LogP contribution >= 0.6 is 0 Å². The van der Waals surface area contributed by atoms with Gasteiger partial charge in [-0.3, -0.25) is 4.98 Å². The number of pyridine rings is 1. The fraction of sp³-hybridized carbons (Fsp3) is 0.423. The molecule has 4 rings (SSSR count). The predicted molar refractivity (Wildman–Crippen MR) is 127 cm³/mol. The van der Waals surface area contributed by atoms with E-state index < -0.39 is 21.0 Å². The number of aromatic nitrogens is 1. The zero-order valence-corrected chi connectivity index (χ0v) is 20.5. The average Bonchev–Trinajstić information content (AvgIpc) is 3.36. The molecule has 0 radical (unpaired) electrons. The van der Waals surface area contributed by atoms with Crippen LogP contribution in [0.1, 0.15) is 56.1 Å². The van der Waals surface area contributed by atoms with E-state index in [4.69, 9.17) is 9.47 Å². The van der Waals surface area contributed by atoms with Gasteiger partial charge in [0, 0.05) is 24.4 Å². The first-order chi connectivity index (χ1) is 17.1. The van der Waals surface area contributed by atoms with Gasteiger partial charge in [0.25, 0.3) is 0 Å². The van der Waals surface area contributed by atoms with Gasteiger partial charge in [-0.1, -0.05) is 17.9 Å². The molecule has 192 valence electrons. The summed E-state index contributed by atoms with van der Waals surface area (Å²) in [4.78, 5) is 3.97. The molecular formula is C26H26F3NO5S. The van der Waals surface area contributed by atoms with Gasteiger partial charge in [0.15, 0.2) is 11.5 Å². The lowest BCUT2D eigenvalue weighted by molar-refractivity contribution is -0.0524. The lowest BCUT2D eigenvalue weighted by Gasteiger charge is -2.31. The Morgan fingerprint density at radius 1 is 1.06 bits per heavy atom. The molecule has 2 aromatic rings. The summed E-state index contributed by atoms with van der Waals surface area (Å²) in [6.07, 6.45) is 9.44. The van der Waals surface area contributed by atoms with Crippen LogP contribution < -0.4 is 9.47 Å². The molecule has 0 bridgehead atoms. The smallest absolute Gasteiger partial charge is 0.493 e. The third-order valence-corrected chi connectivity index (χ3v) is 7.29. The zero-order chi connectivity index (χ0) is 25.8. The van der Waals surface area contributed by atoms with E-state index in [1.165, 1.54) is 13.2 Å². The Hall–Kier alpha value is -3.19. The van der Waals surface area contributed by atoms with E-state index in [1.54, 1.807) is 42.7 Å². The molecule has 1 unspecified atom stereocenters. The standard InChI is InChI=1S/C26H26F3NO5S/c1-33-23-9-8-20(17-24(23)34-21-5-2-3-6-21)25(14-10-19-11-15-30-16-12-19)13-4-7-22(18-25)35-36(31,32)26(27,28)29/h8-9,11-12,15-18,21H,2-7,13H2,1H3. The first kappa shape index (κ1) is 25.9. The quantitative estimate of drug-likeness (QED) is 0.279. The molecule has 0 N–H and O–H groups in total. The van der Waals surface area contributed by atoms with Gasteiger partial charge in [0.05, 0.1) is 18.6 Å². The molecule has 0 aliphatic heterocycles. The molecule has 0 amide bonds. The summed E-state index contributed by atoms with van der Waals surface area (Å²) in [6, 6.07) is 8.68. The monoisotopic (exact) mass is 521 g/mol. The van der Waals surface area contributed by atoms with Crippen molar-refractivity contribution in [2.24, 2.45) is 0 Å². The first-order valence-corrected chi connectivity index (χ1v) is 13.0. The molecule has 2 aliphatic carbocycles. The SMILES string of the molecule is COc1ccc(C2(C#Cc3ccncc3)C=C(OS(=O)(=O)C(F)(F)F)CCC2)cc1OC1CCCC1. The molecule has 0 saturated heterocycles. The summed E-state index contributed by atoms with van der Waals surface area (Å²) >= 11 is 0. The third kappa shape index (κ3) is 5.78. The van der Waals surface area contributed by atoms with Gasteiger partial charge in [0.1, 0.15) is 5.76 Å². The van der Waals surface area contributed by atoms with Crippen molar-refractivity contribution in [2.75, 3.05) is 7.11 Å². The number of methoxy groups -OCH3 is 1.